The monoisotopic (exact) mass is 897 g/mol. The third-order valence-electron chi connectivity index (χ3n) is 15.2. The minimum Gasteiger partial charge on any atom is -0.450 e. The van der Waals surface area contributed by atoms with Crippen LogP contribution in [0.1, 0.15) is 118 Å². The lowest BCUT2D eigenvalue weighted by Gasteiger charge is -2.52. The van der Waals surface area contributed by atoms with E-state index in [0.29, 0.717) is 42.0 Å². The van der Waals surface area contributed by atoms with Crippen LogP contribution in [0.25, 0.3) is 0 Å². The minimum absolute atomic E-state index is 0. The zero-order valence-corrected chi connectivity index (χ0v) is 38.9. The van der Waals surface area contributed by atoms with Gasteiger partial charge in [0.1, 0.15) is 0 Å². The number of nitrogens with zero attached hydrogens (tertiary/aromatic N) is 5. The lowest BCUT2D eigenvalue weighted by molar-refractivity contribution is -0.120. The van der Waals surface area contributed by atoms with Crippen LogP contribution < -0.4 is 5.32 Å². The molecule has 2 spiro atoms. The van der Waals surface area contributed by atoms with E-state index in [1.165, 1.54) is 116 Å². The van der Waals surface area contributed by atoms with Crippen LogP contribution in [0.3, 0.4) is 0 Å². The number of piperidine rings is 2. The third-order valence-corrected chi connectivity index (χ3v) is 15.2. The van der Waals surface area contributed by atoms with Crippen molar-refractivity contribution < 1.29 is 47.7 Å². The summed E-state index contributed by atoms with van der Waals surface area (Å²) in [5.74, 6) is 1.60. The first kappa shape index (κ1) is 49.9. The number of nitrogens with one attached hydrogen (secondary N) is 1. The number of likely N-dealkylation sites (tertiary alicyclic amines) is 5. The summed E-state index contributed by atoms with van der Waals surface area (Å²) in [6.45, 7) is 18.9. The van der Waals surface area contributed by atoms with Gasteiger partial charge in [0.15, 0.2) is 0 Å². The highest BCUT2D eigenvalue weighted by atomic mass is 35.5. The molecule has 8 fully saturated rings. The fourth-order valence-electron chi connectivity index (χ4n) is 12.0. The minimum atomic E-state index is -1.04. The van der Waals surface area contributed by atoms with Gasteiger partial charge in [-0.25, -0.2) is 19.2 Å². The van der Waals surface area contributed by atoms with Crippen molar-refractivity contribution in [2.75, 3.05) is 91.9 Å². The summed E-state index contributed by atoms with van der Waals surface area (Å²) in [4.78, 5) is 67.1. The van der Waals surface area contributed by atoms with Gasteiger partial charge in [-0.05, 0) is 173 Å². The molecule has 16 nitrogen and oxygen atoms in total. The molecule has 0 radical (unpaired) electrons. The quantitative estimate of drug-likeness (QED) is 0.115. The molecule has 1 N–H and O–H groups in total. The fourth-order valence-corrected chi connectivity index (χ4v) is 12.0. The number of halogens is 1. The average Bonchev–Trinajstić information content (AvgIpc) is 4.08. The molecular formula is C45H77ClN6O10. The zero-order valence-electron chi connectivity index (χ0n) is 38.1. The van der Waals surface area contributed by atoms with E-state index in [1.807, 2.05) is 28.5 Å². The van der Waals surface area contributed by atoms with Crippen molar-refractivity contribution in [2.45, 2.75) is 142 Å². The molecule has 2 unspecified atom stereocenters. The van der Waals surface area contributed by atoms with E-state index < -0.39 is 12.3 Å². The largest absolute Gasteiger partial charge is 0.518 e. The Labute approximate surface area is 376 Å². The van der Waals surface area contributed by atoms with E-state index in [2.05, 4.69) is 29.3 Å². The zero-order chi connectivity index (χ0) is 43.4. The molecule has 6 heterocycles. The van der Waals surface area contributed by atoms with Crippen molar-refractivity contribution in [3.8, 4) is 0 Å². The molecule has 8 aliphatic rings. The highest BCUT2D eigenvalue weighted by molar-refractivity contribution is 5.85. The first-order valence-corrected chi connectivity index (χ1v) is 23.8. The van der Waals surface area contributed by atoms with Crippen LogP contribution in [0.15, 0.2) is 0 Å². The third kappa shape index (κ3) is 12.8. The Morgan fingerprint density at radius 3 is 1.48 bits per heavy atom. The molecule has 0 aromatic carbocycles. The molecule has 3 amide bonds. The summed E-state index contributed by atoms with van der Waals surface area (Å²) >= 11 is 0. The molecule has 0 bridgehead atoms. The second-order valence-corrected chi connectivity index (χ2v) is 18.8. The van der Waals surface area contributed by atoms with Crippen molar-refractivity contribution in [1.82, 2.24) is 29.8 Å². The smallest absolute Gasteiger partial charge is 0.450 e. The average molecular weight is 898 g/mol. The number of rotatable bonds is 9. The van der Waals surface area contributed by atoms with Crippen molar-refractivity contribution in [2.24, 2.45) is 22.7 Å². The Hall–Kier alpha value is -3.08. The summed E-state index contributed by atoms with van der Waals surface area (Å²) < 4.78 is 22.9. The summed E-state index contributed by atoms with van der Waals surface area (Å²) in [6.07, 6.45) is 16.4. The van der Waals surface area contributed by atoms with Crippen molar-refractivity contribution in [3.05, 3.63) is 0 Å². The molecule has 8 rings (SSSR count). The summed E-state index contributed by atoms with van der Waals surface area (Å²) in [5, 5.41) is 3.70. The van der Waals surface area contributed by atoms with Crippen LogP contribution in [0, 0.1) is 22.7 Å². The number of carbonyl (C=O) groups excluding carboxylic acids is 5. The van der Waals surface area contributed by atoms with Gasteiger partial charge in [0.05, 0.1) is 26.4 Å². The Balaban J connectivity index is 0.000000188. The lowest BCUT2D eigenvalue weighted by Crippen LogP contribution is -2.55. The van der Waals surface area contributed by atoms with Gasteiger partial charge in [0.2, 0.25) is 6.41 Å². The predicted molar refractivity (Wildman–Crippen MR) is 235 cm³/mol. The van der Waals surface area contributed by atoms with E-state index in [4.69, 9.17) is 9.47 Å². The van der Waals surface area contributed by atoms with E-state index in [-0.39, 0.29) is 37.8 Å². The van der Waals surface area contributed by atoms with E-state index in [1.54, 1.807) is 13.8 Å². The number of hydrogen-bond acceptors (Lipinski definition) is 13. The van der Waals surface area contributed by atoms with Crippen molar-refractivity contribution in [1.29, 1.82) is 0 Å². The van der Waals surface area contributed by atoms with Gasteiger partial charge in [-0.15, -0.1) is 12.4 Å². The Morgan fingerprint density at radius 1 is 0.597 bits per heavy atom. The summed E-state index contributed by atoms with van der Waals surface area (Å²) in [7, 11) is 0. The maximum atomic E-state index is 11.9. The molecule has 2 aliphatic carbocycles. The van der Waals surface area contributed by atoms with Gasteiger partial charge in [-0.3, -0.25) is 4.79 Å². The molecule has 62 heavy (non-hydrogen) atoms. The second-order valence-electron chi connectivity index (χ2n) is 18.8. The van der Waals surface area contributed by atoms with Crippen LogP contribution >= 0.6 is 12.4 Å². The van der Waals surface area contributed by atoms with Gasteiger partial charge in [0.25, 0.3) is 0 Å². The molecule has 0 aromatic heterocycles. The predicted octanol–water partition coefficient (Wildman–Crippen LogP) is 6.53. The number of ether oxygens (including phenoxy) is 5. The number of amides is 3. The Morgan fingerprint density at radius 2 is 1.06 bits per heavy atom. The molecule has 6 saturated heterocycles. The molecule has 6 aliphatic heterocycles. The van der Waals surface area contributed by atoms with Crippen molar-refractivity contribution in [3.63, 3.8) is 0 Å². The standard InChI is InChI=1S/C20H33N3O3.C19H33N3O2.C6H10O5.ClH/c1-2-26-19(25)22-11-7-20(14-22)12-17(13-20)21-9-5-16(6-10-21)18-4-3-8-23(18)15-24;1-2-24-18(23)22-11-7-19(14-22)12-16(13-19)21-9-5-15(6-10-21)17-4-3-8-20-17;1-3-9-5(7)11-6(8)10-4-2;/h15-18H,2-14H2,1H3;15-17,20H,2-14H2,1H3;3-4H2,1-2H3;1H. The molecule has 354 valence electrons. The number of hydrogen-bond donors (Lipinski definition) is 1. The van der Waals surface area contributed by atoms with E-state index >= 15 is 0 Å². The highest BCUT2D eigenvalue weighted by Gasteiger charge is 2.53. The Kier molecular flexibility index (Phi) is 19.1. The Bertz CT molecular complexity index is 1430. The van der Waals surface area contributed by atoms with Crippen LogP contribution in [0.4, 0.5) is 19.2 Å². The highest BCUT2D eigenvalue weighted by Crippen LogP contribution is 2.52. The van der Waals surface area contributed by atoms with Crippen LogP contribution in [0.5, 0.6) is 0 Å². The van der Waals surface area contributed by atoms with Gasteiger partial charge in [0, 0.05) is 56.9 Å². The SMILES string of the molecule is CCOC(=O)N1CCC2(CC(N3CCC(C4CCCN4)CC3)C2)C1.CCOC(=O)N1CCC2(CC(N3CCC(C4CCCN4C=O)CC3)C2)C1.CCOC(=O)OC(=O)OCC.Cl. The van der Waals surface area contributed by atoms with Gasteiger partial charge in [-0.2, -0.15) is 0 Å². The van der Waals surface area contributed by atoms with Gasteiger partial charge >= 0.3 is 24.5 Å². The maximum Gasteiger partial charge on any atom is 0.518 e. The molecular weight excluding hydrogens is 820 g/mol. The van der Waals surface area contributed by atoms with Crippen LogP contribution in [-0.2, 0) is 28.5 Å². The summed E-state index contributed by atoms with van der Waals surface area (Å²) in [5.41, 5.74) is 0.759. The van der Waals surface area contributed by atoms with Crippen LogP contribution in [-0.4, -0.2) is 171 Å². The fraction of sp³-hybridized carbons (Fsp3) is 0.889. The van der Waals surface area contributed by atoms with Gasteiger partial charge < -0.3 is 53.5 Å². The molecule has 2 saturated carbocycles. The maximum absolute atomic E-state index is 11.9. The molecule has 0 aromatic rings. The molecule has 17 heteroatoms. The first-order chi connectivity index (χ1) is 29.5. The second kappa shape index (κ2) is 23.7. The van der Waals surface area contributed by atoms with Gasteiger partial charge in [-0.1, -0.05) is 0 Å². The first-order valence-electron chi connectivity index (χ1n) is 23.8. The molecule has 2 atom stereocenters. The topological polar surface area (TPSA) is 160 Å². The lowest BCUT2D eigenvalue weighted by atomic mass is 9.64. The van der Waals surface area contributed by atoms with Crippen LogP contribution in [0.2, 0.25) is 0 Å². The summed E-state index contributed by atoms with van der Waals surface area (Å²) in [6, 6.07) is 2.76. The van der Waals surface area contributed by atoms with E-state index in [9.17, 15) is 24.0 Å². The van der Waals surface area contributed by atoms with Crippen molar-refractivity contribution >= 4 is 43.3 Å². The number of carbonyl (C=O) groups is 5. The normalized spacial score (nSPS) is 31.1. The van der Waals surface area contributed by atoms with E-state index in [0.717, 1.165) is 63.6 Å².